The van der Waals surface area contributed by atoms with E-state index in [1.807, 2.05) is 0 Å². The number of hydrogen-bond acceptors (Lipinski definition) is 1. The molecule has 1 nitrogen and oxygen atoms in total. The van der Waals surface area contributed by atoms with Crippen LogP contribution in [0.2, 0.25) is 0 Å². The Hall–Kier alpha value is -0.300. The Bertz CT molecular complexity index is 108. The Morgan fingerprint density at radius 2 is 1.62 bits per heavy atom. The average Bonchev–Trinajstić information content (AvgIpc) is 2.16. The Morgan fingerprint density at radius 3 is 2.31 bits per heavy atom. The molecule has 0 radical (unpaired) electrons. The second-order valence-corrected chi connectivity index (χ2v) is 3.48. The first kappa shape index (κ1) is 12.7. The summed E-state index contributed by atoms with van der Waals surface area (Å²) in [6.07, 6.45) is 13.8. The predicted octanol–water partition coefficient (Wildman–Crippen LogP) is 3.94. The number of allylic oxidation sites excluding steroid dienone is 1. The highest BCUT2D eigenvalue weighted by molar-refractivity contribution is 4.80. The molecule has 0 aromatic rings. The fourth-order valence-corrected chi connectivity index (χ4v) is 1.32. The lowest BCUT2D eigenvalue weighted by Crippen LogP contribution is -1.81. The van der Waals surface area contributed by atoms with E-state index in [0.29, 0.717) is 0 Å². The van der Waals surface area contributed by atoms with Crippen molar-refractivity contribution in [2.24, 2.45) is 0 Å². The van der Waals surface area contributed by atoms with Crippen LogP contribution in [0.25, 0.3) is 0 Å². The summed E-state index contributed by atoms with van der Waals surface area (Å²) in [5.74, 6) is 0. The second-order valence-electron chi connectivity index (χ2n) is 3.48. The van der Waals surface area contributed by atoms with Gasteiger partial charge in [0.2, 0.25) is 0 Å². The van der Waals surface area contributed by atoms with Crippen LogP contribution >= 0.6 is 0 Å². The van der Waals surface area contributed by atoms with Crippen molar-refractivity contribution in [3.05, 3.63) is 12.2 Å². The number of unbranched alkanes of at least 4 members (excludes halogenated alkanes) is 6. The molecule has 13 heavy (non-hydrogen) atoms. The molecule has 0 aliphatic carbocycles. The summed E-state index contributed by atoms with van der Waals surface area (Å²) in [6, 6.07) is 0. The lowest BCUT2D eigenvalue weighted by atomic mass is 10.1. The van der Waals surface area contributed by atoms with Crippen molar-refractivity contribution in [2.75, 3.05) is 13.7 Å². The summed E-state index contributed by atoms with van der Waals surface area (Å²) in [5.41, 5.74) is 0. The summed E-state index contributed by atoms with van der Waals surface area (Å²) in [5, 5.41) is 0. The zero-order valence-corrected chi connectivity index (χ0v) is 9.22. The van der Waals surface area contributed by atoms with E-state index in [4.69, 9.17) is 4.74 Å². The van der Waals surface area contributed by atoms with Gasteiger partial charge in [-0.2, -0.15) is 0 Å². The molecule has 0 amide bonds. The smallest absolute Gasteiger partial charge is 0.0643 e. The van der Waals surface area contributed by atoms with Gasteiger partial charge in [-0.3, -0.25) is 0 Å². The topological polar surface area (TPSA) is 9.23 Å². The molecule has 78 valence electrons. The fourth-order valence-electron chi connectivity index (χ4n) is 1.32. The maximum absolute atomic E-state index is 4.91. The molecule has 0 bridgehead atoms. The van der Waals surface area contributed by atoms with Crippen LogP contribution in [0.1, 0.15) is 51.9 Å². The molecule has 0 aliphatic heterocycles. The zero-order valence-electron chi connectivity index (χ0n) is 9.22. The molecule has 0 aromatic carbocycles. The van der Waals surface area contributed by atoms with Crippen molar-refractivity contribution in [3.8, 4) is 0 Å². The molecular formula is C12H24O. The number of methoxy groups -OCH3 is 1. The normalized spacial score (nSPS) is 11.2. The second kappa shape index (κ2) is 11.7. The molecule has 0 aliphatic rings. The first-order chi connectivity index (χ1) is 6.41. The van der Waals surface area contributed by atoms with Gasteiger partial charge >= 0.3 is 0 Å². The highest BCUT2D eigenvalue weighted by Crippen LogP contribution is 2.06. The van der Waals surface area contributed by atoms with Crippen LogP contribution in [0.15, 0.2) is 12.2 Å². The van der Waals surface area contributed by atoms with Crippen molar-refractivity contribution in [3.63, 3.8) is 0 Å². The highest BCUT2D eigenvalue weighted by atomic mass is 16.5. The van der Waals surface area contributed by atoms with Gasteiger partial charge < -0.3 is 4.74 Å². The Kier molecular flexibility index (Phi) is 11.4. The largest absolute Gasteiger partial charge is 0.381 e. The minimum Gasteiger partial charge on any atom is -0.381 e. The molecule has 0 fully saturated rings. The third-order valence-electron chi connectivity index (χ3n) is 2.15. The highest BCUT2D eigenvalue weighted by Gasteiger charge is 1.87. The van der Waals surface area contributed by atoms with Gasteiger partial charge in [0.15, 0.2) is 0 Å². The number of ether oxygens (including phenoxy) is 1. The van der Waals surface area contributed by atoms with E-state index in [1.54, 1.807) is 7.11 Å². The van der Waals surface area contributed by atoms with Gasteiger partial charge in [-0.1, -0.05) is 51.2 Å². The lowest BCUT2D eigenvalue weighted by molar-refractivity contribution is 0.233. The standard InChI is InChI=1S/C12H24O/c1-3-4-5-6-7-8-9-10-11-12-13-2/h10-11H,3-9,12H2,1-2H3. The van der Waals surface area contributed by atoms with E-state index < -0.39 is 0 Å². The van der Waals surface area contributed by atoms with E-state index in [1.165, 1.54) is 44.9 Å². The van der Waals surface area contributed by atoms with Gasteiger partial charge in [0.1, 0.15) is 0 Å². The van der Waals surface area contributed by atoms with Gasteiger partial charge in [-0.05, 0) is 12.8 Å². The van der Waals surface area contributed by atoms with Crippen LogP contribution in [0.4, 0.5) is 0 Å². The van der Waals surface area contributed by atoms with Crippen LogP contribution in [-0.2, 0) is 4.74 Å². The van der Waals surface area contributed by atoms with Gasteiger partial charge in [-0.25, -0.2) is 0 Å². The maximum atomic E-state index is 4.91. The minimum atomic E-state index is 0.760. The Labute approximate surface area is 83.2 Å². The van der Waals surface area contributed by atoms with E-state index >= 15 is 0 Å². The predicted molar refractivity (Wildman–Crippen MR) is 59.0 cm³/mol. The molecule has 0 spiro atoms. The first-order valence-electron chi connectivity index (χ1n) is 5.55. The molecule has 1 heteroatoms. The summed E-state index contributed by atoms with van der Waals surface area (Å²) in [4.78, 5) is 0. The molecule has 0 heterocycles. The van der Waals surface area contributed by atoms with E-state index in [0.717, 1.165) is 6.61 Å². The van der Waals surface area contributed by atoms with Crippen LogP contribution in [0.3, 0.4) is 0 Å². The third-order valence-corrected chi connectivity index (χ3v) is 2.15. The van der Waals surface area contributed by atoms with Crippen LogP contribution in [0, 0.1) is 0 Å². The summed E-state index contributed by atoms with van der Waals surface area (Å²) in [6.45, 7) is 3.02. The van der Waals surface area contributed by atoms with E-state index in [9.17, 15) is 0 Å². The Balaban J connectivity index is 2.91. The summed E-state index contributed by atoms with van der Waals surface area (Å²) in [7, 11) is 1.73. The van der Waals surface area contributed by atoms with Gasteiger partial charge in [0.05, 0.1) is 6.61 Å². The SMILES string of the molecule is CCCCCCCCC=CCOC. The quantitative estimate of drug-likeness (QED) is 0.389. The molecule has 0 aromatic heterocycles. The van der Waals surface area contributed by atoms with Crippen LogP contribution in [-0.4, -0.2) is 13.7 Å². The molecular weight excluding hydrogens is 160 g/mol. The molecule has 0 rings (SSSR count). The van der Waals surface area contributed by atoms with E-state index in [2.05, 4.69) is 19.1 Å². The van der Waals surface area contributed by atoms with Crippen molar-refractivity contribution in [1.29, 1.82) is 0 Å². The van der Waals surface area contributed by atoms with Gasteiger partial charge in [0, 0.05) is 7.11 Å². The Morgan fingerprint density at radius 1 is 0.923 bits per heavy atom. The van der Waals surface area contributed by atoms with Crippen molar-refractivity contribution >= 4 is 0 Å². The third kappa shape index (κ3) is 11.7. The molecule has 0 unspecified atom stereocenters. The molecule has 0 saturated carbocycles. The van der Waals surface area contributed by atoms with Crippen LogP contribution < -0.4 is 0 Å². The maximum Gasteiger partial charge on any atom is 0.0643 e. The van der Waals surface area contributed by atoms with Crippen molar-refractivity contribution in [2.45, 2.75) is 51.9 Å². The average molecular weight is 184 g/mol. The summed E-state index contributed by atoms with van der Waals surface area (Å²) >= 11 is 0. The number of rotatable bonds is 9. The minimum absolute atomic E-state index is 0.760. The lowest BCUT2D eigenvalue weighted by Gasteiger charge is -1.97. The van der Waals surface area contributed by atoms with Gasteiger partial charge in [0.25, 0.3) is 0 Å². The molecule has 0 atom stereocenters. The van der Waals surface area contributed by atoms with Crippen molar-refractivity contribution in [1.82, 2.24) is 0 Å². The number of hydrogen-bond donors (Lipinski definition) is 0. The van der Waals surface area contributed by atoms with Crippen LogP contribution in [0.5, 0.6) is 0 Å². The monoisotopic (exact) mass is 184 g/mol. The van der Waals surface area contributed by atoms with E-state index in [-0.39, 0.29) is 0 Å². The molecule has 0 saturated heterocycles. The zero-order chi connectivity index (χ0) is 9.78. The fraction of sp³-hybridized carbons (Fsp3) is 0.833. The molecule has 0 N–H and O–H groups in total. The summed E-state index contributed by atoms with van der Waals surface area (Å²) < 4.78 is 4.91. The first-order valence-corrected chi connectivity index (χ1v) is 5.55. The van der Waals surface area contributed by atoms with Gasteiger partial charge in [-0.15, -0.1) is 0 Å². The van der Waals surface area contributed by atoms with Crippen molar-refractivity contribution < 1.29 is 4.74 Å².